The van der Waals surface area contributed by atoms with Gasteiger partial charge in [-0.2, -0.15) is 0 Å². The summed E-state index contributed by atoms with van der Waals surface area (Å²) in [5, 5.41) is 0. The van der Waals surface area contributed by atoms with Gasteiger partial charge in [0.15, 0.2) is 9.84 Å². The third-order valence-corrected chi connectivity index (χ3v) is 5.98. The van der Waals surface area contributed by atoms with Crippen molar-refractivity contribution in [3.8, 4) is 0 Å². The van der Waals surface area contributed by atoms with E-state index in [9.17, 15) is 13.2 Å². The van der Waals surface area contributed by atoms with Gasteiger partial charge < -0.3 is 10.6 Å². The number of sulfone groups is 1. The molecular formula is C11H20N2O3S. The Labute approximate surface area is 102 Å². The molecule has 0 aromatic heterocycles. The topological polar surface area (TPSA) is 80.5 Å². The summed E-state index contributed by atoms with van der Waals surface area (Å²) in [6, 6.07) is -0.156. The molecule has 2 N–H and O–H groups in total. The second kappa shape index (κ2) is 4.24. The largest absolute Gasteiger partial charge is 0.341 e. The summed E-state index contributed by atoms with van der Waals surface area (Å²) in [7, 11) is -1.23. The van der Waals surface area contributed by atoms with Gasteiger partial charge in [0.2, 0.25) is 5.91 Å². The van der Waals surface area contributed by atoms with Gasteiger partial charge in [0.05, 0.1) is 16.9 Å². The number of hydrogen-bond donors (Lipinski definition) is 1. The lowest BCUT2D eigenvalue weighted by atomic mass is 9.67. The highest BCUT2D eigenvalue weighted by Crippen LogP contribution is 2.42. The van der Waals surface area contributed by atoms with Crippen molar-refractivity contribution < 1.29 is 13.2 Å². The number of carbonyl (C=O) groups excluding carboxylic acids is 1. The zero-order valence-electron chi connectivity index (χ0n) is 10.2. The van der Waals surface area contributed by atoms with E-state index in [0.29, 0.717) is 13.0 Å². The van der Waals surface area contributed by atoms with Crippen LogP contribution >= 0.6 is 0 Å². The molecule has 0 spiro atoms. The Hall–Kier alpha value is -0.620. The molecular weight excluding hydrogens is 240 g/mol. The maximum Gasteiger partial charge on any atom is 0.230 e. The van der Waals surface area contributed by atoms with Crippen LogP contribution in [0.1, 0.15) is 25.7 Å². The second-order valence-electron chi connectivity index (χ2n) is 5.31. The Morgan fingerprint density at radius 3 is 2.47 bits per heavy atom. The average Bonchev–Trinajstić information content (AvgIpc) is 2.57. The fraction of sp³-hybridized carbons (Fsp3) is 0.909. The molecule has 0 bridgehead atoms. The predicted octanol–water partition coefficient (Wildman–Crippen LogP) is -0.239. The normalized spacial score (nSPS) is 29.6. The monoisotopic (exact) mass is 260 g/mol. The summed E-state index contributed by atoms with van der Waals surface area (Å²) in [5.74, 6) is 0.342. The van der Waals surface area contributed by atoms with Gasteiger partial charge in [0, 0.05) is 19.6 Å². The first-order chi connectivity index (χ1) is 7.90. The number of carbonyl (C=O) groups is 1. The van der Waals surface area contributed by atoms with E-state index in [1.807, 2.05) is 0 Å². The molecule has 5 nitrogen and oxygen atoms in total. The maximum atomic E-state index is 12.3. The van der Waals surface area contributed by atoms with E-state index < -0.39 is 15.3 Å². The lowest BCUT2D eigenvalue weighted by Gasteiger charge is -2.43. The maximum absolute atomic E-state index is 12.3. The van der Waals surface area contributed by atoms with E-state index in [2.05, 4.69) is 0 Å². The lowest BCUT2D eigenvalue weighted by molar-refractivity contribution is -0.147. The molecule has 1 unspecified atom stereocenters. The molecule has 2 aliphatic rings. The summed E-state index contributed by atoms with van der Waals surface area (Å²) in [6.07, 6.45) is 3.28. The Bertz CT molecular complexity index is 409. The van der Waals surface area contributed by atoms with Crippen LogP contribution in [0.4, 0.5) is 0 Å². The molecule has 6 heteroatoms. The van der Waals surface area contributed by atoms with Crippen molar-refractivity contribution in [3.05, 3.63) is 0 Å². The molecule has 1 aliphatic carbocycles. The van der Waals surface area contributed by atoms with Crippen molar-refractivity contribution >= 4 is 15.7 Å². The van der Waals surface area contributed by atoms with Crippen molar-refractivity contribution in [2.45, 2.75) is 31.7 Å². The first-order valence-corrected chi connectivity index (χ1v) is 7.90. The molecule has 2 rings (SSSR count). The minimum atomic E-state index is -2.94. The van der Waals surface area contributed by atoms with Gasteiger partial charge in [-0.25, -0.2) is 8.42 Å². The second-order valence-corrected chi connectivity index (χ2v) is 7.54. The van der Waals surface area contributed by atoms with Crippen LogP contribution in [-0.4, -0.2) is 50.4 Å². The molecule has 1 saturated carbocycles. The van der Waals surface area contributed by atoms with E-state index in [1.165, 1.54) is 0 Å². The van der Waals surface area contributed by atoms with Gasteiger partial charge in [0.1, 0.15) is 0 Å². The molecule has 1 atom stereocenters. The first-order valence-electron chi connectivity index (χ1n) is 6.08. The SMILES string of the molecule is CN(C(=O)C1(CN)CCC1)C1CCS(=O)(=O)C1. The molecule has 1 amide bonds. The highest BCUT2D eigenvalue weighted by atomic mass is 32.2. The summed E-state index contributed by atoms with van der Waals surface area (Å²) >= 11 is 0. The van der Waals surface area contributed by atoms with Gasteiger partial charge in [0.25, 0.3) is 0 Å². The summed E-state index contributed by atoms with van der Waals surface area (Å²) in [5.41, 5.74) is 5.29. The molecule has 1 aliphatic heterocycles. The minimum Gasteiger partial charge on any atom is -0.341 e. The average molecular weight is 260 g/mol. The van der Waals surface area contributed by atoms with Gasteiger partial charge in [-0.05, 0) is 19.3 Å². The minimum absolute atomic E-state index is 0.0355. The quantitative estimate of drug-likeness (QED) is 0.759. The summed E-state index contributed by atoms with van der Waals surface area (Å²) in [4.78, 5) is 13.9. The molecule has 17 heavy (non-hydrogen) atoms. The third-order valence-electron chi connectivity index (χ3n) is 4.23. The van der Waals surface area contributed by atoms with Gasteiger partial charge in [-0.15, -0.1) is 0 Å². The molecule has 1 heterocycles. The smallest absolute Gasteiger partial charge is 0.230 e. The van der Waals surface area contributed by atoms with E-state index in [-0.39, 0.29) is 23.5 Å². The molecule has 98 valence electrons. The van der Waals surface area contributed by atoms with Crippen LogP contribution in [0.3, 0.4) is 0 Å². The Morgan fingerprint density at radius 2 is 2.12 bits per heavy atom. The third kappa shape index (κ3) is 2.20. The van der Waals surface area contributed by atoms with Crippen LogP contribution in [0, 0.1) is 5.41 Å². The van der Waals surface area contributed by atoms with Crippen molar-refractivity contribution in [2.24, 2.45) is 11.1 Å². The number of nitrogens with zero attached hydrogens (tertiary/aromatic N) is 1. The van der Waals surface area contributed by atoms with Crippen LogP contribution in [0.2, 0.25) is 0 Å². The van der Waals surface area contributed by atoms with Crippen molar-refractivity contribution in [2.75, 3.05) is 25.1 Å². The van der Waals surface area contributed by atoms with Gasteiger partial charge in [-0.1, -0.05) is 6.42 Å². The number of hydrogen-bond acceptors (Lipinski definition) is 4. The van der Waals surface area contributed by atoms with E-state index in [1.54, 1.807) is 11.9 Å². The molecule has 1 saturated heterocycles. The summed E-state index contributed by atoms with van der Waals surface area (Å²) < 4.78 is 22.8. The molecule has 0 radical (unpaired) electrons. The van der Waals surface area contributed by atoms with Crippen LogP contribution in [0.15, 0.2) is 0 Å². The Balaban J connectivity index is 2.05. The fourth-order valence-electron chi connectivity index (χ4n) is 2.73. The van der Waals surface area contributed by atoms with Crippen LogP contribution in [-0.2, 0) is 14.6 Å². The zero-order valence-corrected chi connectivity index (χ0v) is 11.0. The van der Waals surface area contributed by atoms with Gasteiger partial charge in [-0.3, -0.25) is 4.79 Å². The molecule has 0 aromatic rings. The number of rotatable bonds is 3. The van der Waals surface area contributed by atoms with E-state index in [0.717, 1.165) is 19.3 Å². The predicted molar refractivity (Wildman–Crippen MR) is 65.2 cm³/mol. The number of nitrogens with two attached hydrogens (primary N) is 1. The van der Waals surface area contributed by atoms with E-state index in [4.69, 9.17) is 5.73 Å². The van der Waals surface area contributed by atoms with Crippen LogP contribution < -0.4 is 5.73 Å². The summed E-state index contributed by atoms with van der Waals surface area (Å²) in [6.45, 7) is 0.371. The van der Waals surface area contributed by atoms with Crippen molar-refractivity contribution in [3.63, 3.8) is 0 Å². The fourth-order valence-corrected chi connectivity index (χ4v) is 4.50. The zero-order chi connectivity index (χ0) is 12.7. The lowest BCUT2D eigenvalue weighted by Crippen LogP contribution is -2.53. The highest BCUT2D eigenvalue weighted by molar-refractivity contribution is 7.91. The Morgan fingerprint density at radius 1 is 1.47 bits per heavy atom. The van der Waals surface area contributed by atoms with Crippen LogP contribution in [0.5, 0.6) is 0 Å². The van der Waals surface area contributed by atoms with E-state index >= 15 is 0 Å². The number of amides is 1. The molecule has 2 fully saturated rings. The Kier molecular flexibility index (Phi) is 3.20. The van der Waals surface area contributed by atoms with Crippen LogP contribution in [0.25, 0.3) is 0 Å². The van der Waals surface area contributed by atoms with Gasteiger partial charge >= 0.3 is 0 Å². The highest BCUT2D eigenvalue weighted by Gasteiger charge is 2.46. The van der Waals surface area contributed by atoms with Crippen molar-refractivity contribution in [1.82, 2.24) is 4.90 Å². The standard InChI is InChI=1S/C11H20N2O3S/c1-13(9-3-6-17(15,16)7-9)10(14)11(8-12)4-2-5-11/h9H,2-8,12H2,1H3. The molecule has 0 aromatic carbocycles. The first kappa shape index (κ1) is 12.8. The van der Waals surface area contributed by atoms with Crippen molar-refractivity contribution in [1.29, 1.82) is 0 Å².